The second-order valence-corrected chi connectivity index (χ2v) is 5.79. The number of sulfone groups is 1. The largest absolute Gasteiger partial charge is 0.478 e. The maximum absolute atomic E-state index is 10.9. The third kappa shape index (κ3) is 4.27. The van der Waals surface area contributed by atoms with Gasteiger partial charge in [0.1, 0.15) is 21.2 Å². The van der Waals surface area contributed by atoms with E-state index in [4.69, 9.17) is 10.8 Å². The van der Waals surface area contributed by atoms with E-state index in [9.17, 15) is 13.2 Å². The molecule has 0 amide bonds. The minimum Gasteiger partial charge on any atom is -0.478 e. The summed E-state index contributed by atoms with van der Waals surface area (Å²) in [5, 5.41) is 11.5. The van der Waals surface area contributed by atoms with Crippen molar-refractivity contribution in [1.29, 1.82) is 0 Å². The number of carbonyl (C=O) groups is 1. The van der Waals surface area contributed by atoms with Gasteiger partial charge < -0.3 is 16.2 Å². The Hall–Kier alpha value is -1.83. The van der Waals surface area contributed by atoms with Gasteiger partial charge in [0, 0.05) is 12.8 Å². The number of carboxylic acid groups (broad SMARTS) is 1. The first-order valence-electron chi connectivity index (χ1n) is 4.70. The fourth-order valence-corrected chi connectivity index (χ4v) is 1.61. The van der Waals surface area contributed by atoms with Gasteiger partial charge in [0.2, 0.25) is 0 Å². The van der Waals surface area contributed by atoms with Crippen LogP contribution in [0.25, 0.3) is 0 Å². The van der Waals surface area contributed by atoms with Gasteiger partial charge in [-0.15, -0.1) is 0 Å². The Balaban J connectivity index is 2.81. The van der Waals surface area contributed by atoms with Crippen LogP contribution in [0, 0.1) is 0 Å². The molecule has 0 saturated carbocycles. The maximum Gasteiger partial charge on any atom is 0.339 e. The summed E-state index contributed by atoms with van der Waals surface area (Å²) < 4.78 is 21.8. The fourth-order valence-electron chi connectivity index (χ4n) is 1.14. The molecule has 94 valence electrons. The third-order valence-corrected chi connectivity index (χ3v) is 2.85. The molecule has 0 aliphatic carbocycles. The number of aromatic carboxylic acids is 1. The molecule has 0 aliphatic rings. The minimum atomic E-state index is -3.10. The Bertz CT molecular complexity index is 527. The van der Waals surface area contributed by atoms with E-state index in [0.717, 1.165) is 6.26 Å². The summed E-state index contributed by atoms with van der Waals surface area (Å²) in [6.07, 6.45) is 2.40. The lowest BCUT2D eigenvalue weighted by Gasteiger charge is -2.08. The molecule has 0 aliphatic heterocycles. The highest BCUT2D eigenvalue weighted by molar-refractivity contribution is 7.90. The van der Waals surface area contributed by atoms with Crippen LogP contribution in [-0.4, -0.2) is 43.0 Å². The standard InChI is InChI=1S/C9H13N3O4S/c1-17(15,16)3-2-11-8-7(9(13)14)4-6(10)5-12-8/h4-5H,2-3,10H2,1H3,(H,11,12)(H,13,14). The molecule has 0 unspecified atom stereocenters. The maximum atomic E-state index is 10.9. The molecule has 7 nitrogen and oxygen atoms in total. The van der Waals surface area contributed by atoms with Crippen LogP contribution < -0.4 is 11.1 Å². The van der Waals surface area contributed by atoms with Gasteiger partial charge in [0.25, 0.3) is 0 Å². The number of nitrogens with one attached hydrogen (secondary N) is 1. The number of hydrogen-bond donors (Lipinski definition) is 3. The van der Waals surface area contributed by atoms with Gasteiger partial charge >= 0.3 is 5.97 Å². The van der Waals surface area contributed by atoms with E-state index in [2.05, 4.69) is 10.3 Å². The van der Waals surface area contributed by atoms with E-state index in [1.54, 1.807) is 0 Å². The highest BCUT2D eigenvalue weighted by atomic mass is 32.2. The fraction of sp³-hybridized carbons (Fsp3) is 0.333. The van der Waals surface area contributed by atoms with Gasteiger partial charge in [0.05, 0.1) is 17.6 Å². The Morgan fingerprint density at radius 2 is 2.24 bits per heavy atom. The van der Waals surface area contributed by atoms with Gasteiger partial charge in [-0.05, 0) is 6.07 Å². The number of nitrogen functional groups attached to an aromatic ring is 1. The molecule has 4 N–H and O–H groups in total. The monoisotopic (exact) mass is 259 g/mol. The second-order valence-electron chi connectivity index (χ2n) is 3.53. The smallest absolute Gasteiger partial charge is 0.339 e. The molecular formula is C9H13N3O4S. The van der Waals surface area contributed by atoms with Crippen molar-refractivity contribution in [3.63, 3.8) is 0 Å². The van der Waals surface area contributed by atoms with Crippen molar-refractivity contribution in [2.45, 2.75) is 0 Å². The lowest BCUT2D eigenvalue weighted by molar-refractivity contribution is 0.0697. The van der Waals surface area contributed by atoms with Crippen molar-refractivity contribution in [1.82, 2.24) is 4.98 Å². The lowest BCUT2D eigenvalue weighted by Crippen LogP contribution is -2.17. The highest BCUT2D eigenvalue weighted by Crippen LogP contribution is 2.15. The predicted octanol–water partition coefficient (Wildman–Crippen LogP) is -0.182. The molecule has 17 heavy (non-hydrogen) atoms. The Morgan fingerprint density at radius 1 is 1.59 bits per heavy atom. The summed E-state index contributed by atoms with van der Waals surface area (Å²) in [5.74, 6) is -1.17. The van der Waals surface area contributed by atoms with Gasteiger partial charge in [0.15, 0.2) is 0 Å². The zero-order valence-electron chi connectivity index (χ0n) is 9.17. The summed E-state index contributed by atoms with van der Waals surface area (Å²) in [7, 11) is -3.10. The van der Waals surface area contributed by atoms with Crippen LogP contribution in [0.15, 0.2) is 12.3 Å². The van der Waals surface area contributed by atoms with Crippen molar-refractivity contribution in [3.8, 4) is 0 Å². The van der Waals surface area contributed by atoms with E-state index < -0.39 is 15.8 Å². The highest BCUT2D eigenvalue weighted by Gasteiger charge is 2.12. The molecule has 0 aromatic carbocycles. The summed E-state index contributed by atoms with van der Waals surface area (Å²) in [6, 6.07) is 1.26. The zero-order chi connectivity index (χ0) is 13.1. The summed E-state index contributed by atoms with van der Waals surface area (Å²) in [6.45, 7) is 0.0933. The van der Waals surface area contributed by atoms with Crippen LogP contribution in [-0.2, 0) is 9.84 Å². The predicted molar refractivity (Wildman–Crippen MR) is 63.8 cm³/mol. The number of nitrogens with two attached hydrogens (primary N) is 1. The average Bonchev–Trinajstić information content (AvgIpc) is 2.18. The lowest BCUT2D eigenvalue weighted by atomic mass is 10.2. The number of nitrogens with zero attached hydrogens (tertiary/aromatic N) is 1. The molecule has 1 aromatic heterocycles. The molecule has 0 radical (unpaired) electrons. The summed E-state index contributed by atoms with van der Waals surface area (Å²) in [5.41, 5.74) is 5.56. The molecule has 1 aromatic rings. The number of pyridine rings is 1. The zero-order valence-corrected chi connectivity index (χ0v) is 9.99. The van der Waals surface area contributed by atoms with Crippen molar-refractivity contribution >= 4 is 27.3 Å². The number of rotatable bonds is 5. The van der Waals surface area contributed by atoms with Crippen molar-refractivity contribution < 1.29 is 18.3 Å². The van der Waals surface area contributed by atoms with Gasteiger partial charge in [-0.3, -0.25) is 0 Å². The molecule has 1 heterocycles. The SMILES string of the molecule is CS(=O)(=O)CCNc1ncc(N)cc1C(=O)O. The van der Waals surface area contributed by atoms with Crippen molar-refractivity contribution in [2.75, 3.05) is 29.6 Å². The second kappa shape index (κ2) is 5.00. The molecule has 8 heteroatoms. The topological polar surface area (TPSA) is 122 Å². The molecule has 0 atom stereocenters. The van der Waals surface area contributed by atoms with Crippen LogP contribution >= 0.6 is 0 Å². The average molecular weight is 259 g/mol. The van der Waals surface area contributed by atoms with Gasteiger partial charge in [-0.1, -0.05) is 0 Å². The van der Waals surface area contributed by atoms with E-state index in [-0.39, 0.29) is 29.4 Å². The Morgan fingerprint density at radius 3 is 2.76 bits per heavy atom. The van der Waals surface area contributed by atoms with Crippen molar-refractivity contribution in [2.24, 2.45) is 0 Å². The minimum absolute atomic E-state index is 0.0847. The van der Waals surface area contributed by atoms with E-state index in [1.807, 2.05) is 0 Å². The van der Waals surface area contributed by atoms with Crippen LogP contribution in [0.3, 0.4) is 0 Å². The van der Waals surface area contributed by atoms with Crippen LogP contribution in [0.4, 0.5) is 11.5 Å². The van der Waals surface area contributed by atoms with Crippen molar-refractivity contribution in [3.05, 3.63) is 17.8 Å². The molecule has 0 fully saturated rings. The Kier molecular flexibility index (Phi) is 3.89. The quantitative estimate of drug-likeness (QED) is 0.670. The van der Waals surface area contributed by atoms with Crippen LogP contribution in [0.5, 0.6) is 0 Å². The first-order valence-corrected chi connectivity index (χ1v) is 6.76. The number of hydrogen-bond acceptors (Lipinski definition) is 6. The molecule has 0 saturated heterocycles. The number of carboxylic acids is 1. The third-order valence-electron chi connectivity index (χ3n) is 1.90. The first kappa shape index (κ1) is 13.2. The van der Waals surface area contributed by atoms with Crippen LogP contribution in [0.2, 0.25) is 0 Å². The number of aromatic nitrogens is 1. The molecule has 0 spiro atoms. The summed E-state index contributed by atoms with van der Waals surface area (Å²) in [4.78, 5) is 14.7. The van der Waals surface area contributed by atoms with Crippen LogP contribution in [0.1, 0.15) is 10.4 Å². The molecular weight excluding hydrogens is 246 g/mol. The van der Waals surface area contributed by atoms with E-state index in [0.29, 0.717) is 0 Å². The summed E-state index contributed by atoms with van der Waals surface area (Å²) >= 11 is 0. The first-order chi connectivity index (χ1) is 7.79. The van der Waals surface area contributed by atoms with E-state index >= 15 is 0 Å². The molecule has 1 rings (SSSR count). The normalized spacial score (nSPS) is 11.1. The Labute approximate surface area is 98.6 Å². The van der Waals surface area contributed by atoms with Gasteiger partial charge in [-0.2, -0.15) is 0 Å². The number of anilines is 2. The molecule has 0 bridgehead atoms. The van der Waals surface area contributed by atoms with E-state index in [1.165, 1.54) is 12.3 Å². The van der Waals surface area contributed by atoms with Gasteiger partial charge in [-0.25, -0.2) is 18.2 Å².